The number of H-pyrrole nitrogens is 2. The number of pyridine rings is 1. The Morgan fingerprint density at radius 2 is 1.00 bits per heavy atom. The number of nitrogens with zero attached hydrogens (tertiary/aromatic N) is 3. The van der Waals surface area contributed by atoms with Crippen molar-refractivity contribution in [3.63, 3.8) is 0 Å². The summed E-state index contributed by atoms with van der Waals surface area (Å²) < 4.78 is 0. The molecule has 0 spiro atoms. The minimum absolute atomic E-state index is 0.922. The van der Waals surface area contributed by atoms with Gasteiger partial charge in [-0.1, -0.05) is 0 Å². The fourth-order valence-corrected chi connectivity index (χ4v) is 4.46. The molecule has 0 saturated carbocycles. The molecule has 5 nitrogen and oxygen atoms in total. The van der Waals surface area contributed by atoms with Crippen LogP contribution in [0, 0.1) is 20.8 Å². The molecule has 6 rings (SSSR count). The predicted molar refractivity (Wildman–Crippen MR) is 136 cm³/mol. The van der Waals surface area contributed by atoms with Crippen molar-refractivity contribution < 1.29 is 0 Å². The molecule has 2 aliphatic heterocycles. The van der Waals surface area contributed by atoms with Crippen molar-refractivity contribution in [2.24, 2.45) is 0 Å². The van der Waals surface area contributed by atoms with Gasteiger partial charge in [0.1, 0.15) is 0 Å². The van der Waals surface area contributed by atoms with E-state index in [4.69, 9.17) is 9.97 Å². The first-order chi connectivity index (χ1) is 16.1. The molecule has 8 bridgehead atoms. The molecule has 5 heteroatoms. The minimum Gasteiger partial charge on any atom is -0.355 e. The number of aromatic nitrogens is 5. The third kappa shape index (κ3) is 3.21. The van der Waals surface area contributed by atoms with E-state index in [0.29, 0.717) is 0 Å². The maximum Gasteiger partial charge on any atom is 0.0737 e. The lowest BCUT2D eigenvalue weighted by Crippen LogP contribution is -1.89. The number of fused-ring (bicyclic) bond motifs is 8. The SMILES string of the molecule is Cc1c2nc(c(C)c3ccc([nH]3)c(C)c3ccc([nH]3)c(-c3ccncc3)c3nc1C=C3)C=C2. The van der Waals surface area contributed by atoms with Gasteiger partial charge in [0.25, 0.3) is 0 Å². The number of aromatic amines is 2. The molecular weight excluding hydrogens is 406 g/mol. The van der Waals surface area contributed by atoms with Crippen LogP contribution in [-0.4, -0.2) is 24.9 Å². The second-order valence-corrected chi connectivity index (χ2v) is 8.49. The van der Waals surface area contributed by atoms with Crippen LogP contribution in [0.15, 0.2) is 48.8 Å². The molecule has 0 radical (unpaired) electrons. The highest BCUT2D eigenvalue weighted by Crippen LogP contribution is 2.31. The van der Waals surface area contributed by atoms with Crippen LogP contribution in [-0.2, 0) is 0 Å². The summed E-state index contributed by atoms with van der Waals surface area (Å²) in [7, 11) is 0. The van der Waals surface area contributed by atoms with Crippen molar-refractivity contribution in [2.75, 3.05) is 0 Å². The molecule has 0 amide bonds. The van der Waals surface area contributed by atoms with Crippen LogP contribution >= 0.6 is 0 Å². The van der Waals surface area contributed by atoms with Crippen LogP contribution in [0.25, 0.3) is 57.5 Å². The van der Waals surface area contributed by atoms with Gasteiger partial charge in [-0.2, -0.15) is 0 Å². The molecule has 0 aliphatic carbocycles. The van der Waals surface area contributed by atoms with Gasteiger partial charge < -0.3 is 9.97 Å². The lowest BCUT2D eigenvalue weighted by Gasteiger charge is -2.03. The molecule has 4 aromatic rings. The molecule has 160 valence electrons. The highest BCUT2D eigenvalue weighted by molar-refractivity contribution is 5.91. The van der Waals surface area contributed by atoms with E-state index < -0.39 is 0 Å². The lowest BCUT2D eigenvalue weighted by atomic mass is 10.1. The van der Waals surface area contributed by atoms with Gasteiger partial charge in [-0.05, 0) is 98.2 Å². The molecular formula is C28H23N5. The maximum absolute atomic E-state index is 5.02. The molecule has 0 aromatic carbocycles. The number of hydrogen-bond acceptors (Lipinski definition) is 3. The number of hydrogen-bond donors (Lipinski definition) is 2. The summed E-state index contributed by atoms with van der Waals surface area (Å²) in [6, 6.07) is 12.6. The van der Waals surface area contributed by atoms with Gasteiger partial charge in [0.2, 0.25) is 0 Å². The van der Waals surface area contributed by atoms with E-state index >= 15 is 0 Å². The third-order valence-electron chi connectivity index (χ3n) is 6.51. The topological polar surface area (TPSA) is 70.2 Å². The lowest BCUT2D eigenvalue weighted by molar-refractivity contribution is 1.20. The van der Waals surface area contributed by atoms with Gasteiger partial charge in [-0.25, -0.2) is 9.97 Å². The summed E-state index contributed by atoms with van der Waals surface area (Å²) >= 11 is 0. The third-order valence-corrected chi connectivity index (χ3v) is 6.51. The first-order valence-electron chi connectivity index (χ1n) is 11.0. The molecule has 33 heavy (non-hydrogen) atoms. The van der Waals surface area contributed by atoms with Gasteiger partial charge in [0, 0.05) is 45.6 Å². The summed E-state index contributed by atoms with van der Waals surface area (Å²) in [5, 5.41) is 0. The highest BCUT2D eigenvalue weighted by atomic mass is 14.8. The fraction of sp³-hybridized carbons (Fsp3) is 0.107. The summed E-state index contributed by atoms with van der Waals surface area (Å²) in [5.41, 5.74) is 13.5. The summed E-state index contributed by atoms with van der Waals surface area (Å²) in [4.78, 5) is 21.4. The molecule has 0 unspecified atom stereocenters. The largest absolute Gasteiger partial charge is 0.355 e. The Morgan fingerprint density at radius 1 is 0.515 bits per heavy atom. The van der Waals surface area contributed by atoms with Gasteiger partial charge in [-0.3, -0.25) is 4.98 Å². The van der Waals surface area contributed by atoms with E-state index in [-0.39, 0.29) is 0 Å². The first-order valence-corrected chi connectivity index (χ1v) is 11.0. The maximum atomic E-state index is 5.02. The van der Waals surface area contributed by atoms with E-state index in [9.17, 15) is 0 Å². The Hall–Kier alpha value is -4.25. The van der Waals surface area contributed by atoms with Crippen molar-refractivity contribution in [3.05, 3.63) is 88.3 Å². The molecule has 2 aliphatic rings. The zero-order valence-electron chi connectivity index (χ0n) is 18.8. The average Bonchev–Trinajstić information content (AvgIpc) is 3.65. The number of nitrogens with one attached hydrogen (secondary N) is 2. The standard InChI is InChI=1S/C28H23N5/c1-16-20-4-6-22(30-20)17(2)24-8-10-26(32-24)28(19-12-14-29-15-13-19)27-11-9-25(33-27)18(3)23-7-5-21(16)31-23/h4-15,30,32H,1-3H3. The van der Waals surface area contributed by atoms with Crippen LogP contribution in [0.2, 0.25) is 0 Å². The van der Waals surface area contributed by atoms with Crippen molar-refractivity contribution in [3.8, 4) is 11.1 Å². The van der Waals surface area contributed by atoms with Crippen LogP contribution in [0.4, 0.5) is 0 Å². The zero-order valence-corrected chi connectivity index (χ0v) is 18.8. The van der Waals surface area contributed by atoms with Gasteiger partial charge in [-0.15, -0.1) is 0 Å². The Bertz CT molecular complexity index is 1630. The van der Waals surface area contributed by atoms with E-state index in [1.54, 1.807) is 0 Å². The molecule has 4 aromatic heterocycles. The second-order valence-electron chi connectivity index (χ2n) is 8.49. The fourth-order valence-electron chi connectivity index (χ4n) is 4.46. The second kappa shape index (κ2) is 7.41. The Labute approximate surface area is 191 Å². The summed E-state index contributed by atoms with van der Waals surface area (Å²) in [5.74, 6) is 0. The monoisotopic (exact) mass is 429 g/mol. The van der Waals surface area contributed by atoms with Crippen LogP contribution < -0.4 is 0 Å². The predicted octanol–water partition coefficient (Wildman–Crippen LogP) is 6.64. The van der Waals surface area contributed by atoms with Crippen molar-refractivity contribution in [1.82, 2.24) is 24.9 Å². The van der Waals surface area contributed by atoms with E-state index in [1.807, 2.05) is 24.5 Å². The van der Waals surface area contributed by atoms with Gasteiger partial charge >= 0.3 is 0 Å². The van der Waals surface area contributed by atoms with Crippen LogP contribution in [0.1, 0.15) is 39.5 Å². The quantitative estimate of drug-likeness (QED) is 0.308. The molecule has 0 saturated heterocycles. The van der Waals surface area contributed by atoms with Crippen molar-refractivity contribution in [1.29, 1.82) is 0 Å². The van der Waals surface area contributed by atoms with Crippen LogP contribution in [0.3, 0.4) is 0 Å². The summed E-state index contributed by atoms with van der Waals surface area (Å²) in [6.45, 7) is 6.32. The van der Waals surface area contributed by atoms with Crippen LogP contribution in [0.5, 0.6) is 0 Å². The van der Waals surface area contributed by atoms with Crippen molar-refractivity contribution in [2.45, 2.75) is 20.8 Å². The van der Waals surface area contributed by atoms with E-state index in [2.05, 4.69) is 84.3 Å². The Balaban J connectivity index is 1.80. The molecule has 0 fully saturated rings. The summed E-state index contributed by atoms with van der Waals surface area (Å²) in [6.07, 6.45) is 12.0. The number of aryl methyl sites for hydroxylation is 2. The molecule has 0 atom stereocenters. The molecule has 2 N–H and O–H groups in total. The minimum atomic E-state index is 0.922. The van der Waals surface area contributed by atoms with E-state index in [1.165, 1.54) is 0 Å². The first kappa shape index (κ1) is 19.4. The van der Waals surface area contributed by atoms with E-state index in [0.717, 1.165) is 72.7 Å². The highest BCUT2D eigenvalue weighted by Gasteiger charge is 2.14. The normalized spacial score (nSPS) is 12.5. The Morgan fingerprint density at radius 3 is 1.67 bits per heavy atom. The number of rotatable bonds is 1. The average molecular weight is 430 g/mol. The van der Waals surface area contributed by atoms with Gasteiger partial charge in [0.15, 0.2) is 0 Å². The van der Waals surface area contributed by atoms with Crippen molar-refractivity contribution >= 4 is 46.4 Å². The molecule has 6 heterocycles. The smallest absolute Gasteiger partial charge is 0.0737 e. The Kier molecular flexibility index (Phi) is 4.37. The zero-order chi connectivity index (χ0) is 22.5. The van der Waals surface area contributed by atoms with Gasteiger partial charge in [0.05, 0.1) is 22.8 Å².